The van der Waals surface area contributed by atoms with Crippen LogP contribution in [0.15, 0.2) is 0 Å². The van der Waals surface area contributed by atoms with Crippen molar-refractivity contribution in [2.24, 2.45) is 5.92 Å². The second-order valence-corrected chi connectivity index (χ2v) is 4.43. The molecule has 2 atom stereocenters. The normalized spacial score (nSPS) is 37.2. The summed E-state index contributed by atoms with van der Waals surface area (Å²) in [6.45, 7) is 2.99. The second-order valence-electron chi connectivity index (χ2n) is 3.33. The minimum absolute atomic E-state index is 0.266. The first-order valence-electron chi connectivity index (χ1n) is 4.48. The summed E-state index contributed by atoms with van der Waals surface area (Å²) in [6.07, 6.45) is 1.06. The lowest BCUT2D eigenvalue weighted by Crippen LogP contribution is -2.52. The predicted octanol–water partition coefficient (Wildman–Crippen LogP) is -0.173. The summed E-state index contributed by atoms with van der Waals surface area (Å²) >= 11 is 1.49. The molecule has 2 unspecified atom stereocenters. The Morgan fingerprint density at radius 2 is 2.33 bits per heavy atom. The molecule has 0 saturated carbocycles. The van der Waals surface area contributed by atoms with Gasteiger partial charge in [-0.2, -0.15) is 0 Å². The maximum atomic E-state index is 11.4. The van der Waals surface area contributed by atoms with E-state index in [1.54, 1.807) is 0 Å². The number of thioether (sulfide) groups is 1. The molecule has 0 aliphatic carbocycles. The average Bonchev–Trinajstić information content (AvgIpc) is 2.53. The maximum absolute atomic E-state index is 11.4. The Morgan fingerprint density at radius 3 is 2.92 bits per heavy atom. The molecule has 0 aromatic rings. The van der Waals surface area contributed by atoms with Crippen LogP contribution in [0, 0.1) is 5.92 Å². The minimum atomic E-state index is 0.266. The number of hydrogen-bond donors (Lipinski definition) is 2. The van der Waals surface area contributed by atoms with Gasteiger partial charge in [0.05, 0.1) is 0 Å². The van der Waals surface area contributed by atoms with Crippen molar-refractivity contribution in [2.75, 3.05) is 25.4 Å². The van der Waals surface area contributed by atoms with Gasteiger partial charge in [-0.25, -0.2) is 0 Å². The van der Waals surface area contributed by atoms with Crippen molar-refractivity contribution in [3.05, 3.63) is 0 Å². The van der Waals surface area contributed by atoms with Crippen molar-refractivity contribution in [3.8, 4) is 0 Å². The molecule has 12 heavy (non-hydrogen) atoms. The van der Waals surface area contributed by atoms with Crippen LogP contribution >= 0.6 is 11.8 Å². The van der Waals surface area contributed by atoms with E-state index < -0.39 is 0 Å². The van der Waals surface area contributed by atoms with E-state index in [0.717, 1.165) is 31.8 Å². The zero-order chi connectivity index (χ0) is 8.39. The van der Waals surface area contributed by atoms with Crippen molar-refractivity contribution in [1.82, 2.24) is 10.6 Å². The van der Waals surface area contributed by atoms with Crippen molar-refractivity contribution in [1.29, 1.82) is 0 Å². The van der Waals surface area contributed by atoms with Crippen LogP contribution in [0.5, 0.6) is 0 Å². The lowest BCUT2D eigenvalue weighted by atomic mass is 9.97. The molecule has 2 aliphatic heterocycles. The smallest absolute Gasteiger partial charge is 0.193 e. The highest BCUT2D eigenvalue weighted by Gasteiger charge is 2.33. The fraction of sp³-hybridized carbons (Fsp3) is 0.875. The third kappa shape index (κ3) is 1.65. The molecule has 2 fully saturated rings. The zero-order valence-corrected chi connectivity index (χ0v) is 7.82. The van der Waals surface area contributed by atoms with E-state index in [-0.39, 0.29) is 5.92 Å². The molecule has 2 rings (SSSR count). The van der Waals surface area contributed by atoms with E-state index in [1.165, 1.54) is 11.8 Å². The van der Waals surface area contributed by atoms with Crippen LogP contribution in [-0.2, 0) is 4.79 Å². The van der Waals surface area contributed by atoms with Gasteiger partial charge in [0, 0.05) is 37.3 Å². The summed E-state index contributed by atoms with van der Waals surface area (Å²) in [7, 11) is 0. The predicted molar refractivity (Wildman–Crippen MR) is 50.2 cm³/mol. The van der Waals surface area contributed by atoms with Crippen molar-refractivity contribution in [2.45, 2.75) is 12.5 Å². The molecular weight excluding hydrogens is 172 g/mol. The zero-order valence-electron chi connectivity index (χ0n) is 7.01. The van der Waals surface area contributed by atoms with Crippen molar-refractivity contribution >= 4 is 16.9 Å². The van der Waals surface area contributed by atoms with Crippen LogP contribution < -0.4 is 10.6 Å². The monoisotopic (exact) mass is 186 g/mol. The summed E-state index contributed by atoms with van der Waals surface area (Å²) in [5, 5.41) is 7.09. The van der Waals surface area contributed by atoms with Crippen LogP contribution in [-0.4, -0.2) is 36.5 Å². The van der Waals surface area contributed by atoms with Gasteiger partial charge < -0.3 is 10.6 Å². The first-order chi connectivity index (χ1) is 5.88. The number of carbonyl (C=O) groups excluding carboxylic acids is 1. The highest BCUT2D eigenvalue weighted by Crippen LogP contribution is 2.28. The molecule has 0 spiro atoms. The highest BCUT2D eigenvalue weighted by molar-refractivity contribution is 8.14. The van der Waals surface area contributed by atoms with Gasteiger partial charge in [0.15, 0.2) is 5.12 Å². The van der Waals surface area contributed by atoms with Crippen LogP contribution in [0.4, 0.5) is 0 Å². The van der Waals surface area contributed by atoms with Crippen LogP contribution in [0.25, 0.3) is 0 Å². The molecule has 0 aromatic heterocycles. The molecular formula is C8H14N2OS. The Labute approximate surface area is 76.7 Å². The second kappa shape index (κ2) is 3.77. The van der Waals surface area contributed by atoms with Gasteiger partial charge in [-0.15, -0.1) is 0 Å². The molecule has 0 aromatic carbocycles. The molecule has 0 bridgehead atoms. The lowest BCUT2D eigenvalue weighted by Gasteiger charge is -2.27. The molecule has 0 amide bonds. The van der Waals surface area contributed by atoms with E-state index in [9.17, 15) is 4.79 Å². The Bertz CT molecular complexity index is 180. The Kier molecular flexibility index (Phi) is 2.68. The molecule has 2 N–H and O–H groups in total. The maximum Gasteiger partial charge on any atom is 0.193 e. The summed E-state index contributed by atoms with van der Waals surface area (Å²) in [5.74, 6) is 1.28. The van der Waals surface area contributed by atoms with Crippen LogP contribution in [0.2, 0.25) is 0 Å². The first kappa shape index (κ1) is 8.53. The summed E-state index contributed by atoms with van der Waals surface area (Å²) in [4.78, 5) is 11.4. The Morgan fingerprint density at radius 1 is 1.42 bits per heavy atom. The summed E-state index contributed by atoms with van der Waals surface area (Å²) in [6, 6.07) is 0.390. The van der Waals surface area contributed by atoms with Crippen LogP contribution in [0.1, 0.15) is 6.42 Å². The Hall–Kier alpha value is -0.0600. The number of nitrogens with one attached hydrogen (secondary N) is 2. The number of hydrogen-bond acceptors (Lipinski definition) is 4. The summed E-state index contributed by atoms with van der Waals surface area (Å²) in [5.41, 5.74) is 0. The third-order valence-electron chi connectivity index (χ3n) is 2.53. The minimum Gasteiger partial charge on any atom is -0.314 e. The third-order valence-corrected chi connectivity index (χ3v) is 3.56. The SMILES string of the molecule is O=C1SCCC1C1CNCCN1. The topological polar surface area (TPSA) is 41.1 Å². The fourth-order valence-electron chi connectivity index (χ4n) is 1.84. The van der Waals surface area contributed by atoms with E-state index >= 15 is 0 Å². The fourth-order valence-corrected chi connectivity index (χ4v) is 2.91. The number of piperazine rings is 1. The lowest BCUT2D eigenvalue weighted by molar-refractivity contribution is -0.114. The van der Waals surface area contributed by atoms with E-state index in [1.807, 2.05) is 0 Å². The molecule has 68 valence electrons. The number of carbonyl (C=O) groups is 1. The highest BCUT2D eigenvalue weighted by atomic mass is 32.2. The summed E-state index contributed by atoms with van der Waals surface area (Å²) < 4.78 is 0. The van der Waals surface area contributed by atoms with Gasteiger partial charge >= 0.3 is 0 Å². The Balaban J connectivity index is 1.93. The van der Waals surface area contributed by atoms with E-state index in [2.05, 4.69) is 10.6 Å². The van der Waals surface area contributed by atoms with E-state index in [4.69, 9.17) is 0 Å². The largest absolute Gasteiger partial charge is 0.314 e. The molecule has 0 radical (unpaired) electrons. The molecule has 2 aliphatic rings. The molecule has 2 saturated heterocycles. The van der Waals surface area contributed by atoms with Crippen LogP contribution in [0.3, 0.4) is 0 Å². The van der Waals surface area contributed by atoms with Gasteiger partial charge in [-0.3, -0.25) is 4.79 Å². The van der Waals surface area contributed by atoms with Gasteiger partial charge in [-0.1, -0.05) is 11.8 Å². The van der Waals surface area contributed by atoms with Crippen molar-refractivity contribution < 1.29 is 4.79 Å². The molecule has 3 nitrogen and oxygen atoms in total. The van der Waals surface area contributed by atoms with Gasteiger partial charge in [-0.05, 0) is 6.42 Å². The molecule has 2 heterocycles. The van der Waals surface area contributed by atoms with Gasteiger partial charge in [0.2, 0.25) is 0 Å². The van der Waals surface area contributed by atoms with Gasteiger partial charge in [0.1, 0.15) is 0 Å². The molecule has 4 heteroatoms. The standard InChI is InChI=1S/C8H14N2OS/c11-8-6(1-4-12-8)7-5-9-2-3-10-7/h6-7,9-10H,1-5H2. The first-order valence-corrected chi connectivity index (χ1v) is 5.47. The average molecular weight is 186 g/mol. The van der Waals surface area contributed by atoms with Crippen molar-refractivity contribution in [3.63, 3.8) is 0 Å². The quantitative estimate of drug-likeness (QED) is 0.596. The van der Waals surface area contributed by atoms with Gasteiger partial charge in [0.25, 0.3) is 0 Å². The van der Waals surface area contributed by atoms with E-state index in [0.29, 0.717) is 11.2 Å². The number of rotatable bonds is 1.